The lowest BCUT2D eigenvalue weighted by Crippen LogP contribution is -2.09. The minimum Gasteiger partial charge on any atom is -0.493 e. The number of nitrogens with zero attached hydrogens (tertiary/aromatic N) is 1. The van der Waals surface area contributed by atoms with E-state index in [0.29, 0.717) is 23.1 Å². The number of ether oxygens (including phenoxy) is 4. The van der Waals surface area contributed by atoms with Gasteiger partial charge in [0.05, 0.1) is 21.3 Å². The van der Waals surface area contributed by atoms with Crippen LogP contribution in [0.5, 0.6) is 17.2 Å². The van der Waals surface area contributed by atoms with Gasteiger partial charge in [-0.2, -0.15) is 0 Å². The van der Waals surface area contributed by atoms with Crippen LogP contribution < -0.4 is 14.2 Å². The number of hydrogen-bond donors (Lipinski definition) is 0. The number of carbonyl (C=O) groups is 1. The summed E-state index contributed by atoms with van der Waals surface area (Å²) < 4.78 is 26.6. The molecule has 3 rings (SSSR count). The molecule has 0 spiro atoms. The van der Waals surface area contributed by atoms with Gasteiger partial charge in [0.1, 0.15) is 24.1 Å². The Hall–Kier alpha value is -3.48. The zero-order valence-corrected chi connectivity index (χ0v) is 15.2. The molecule has 27 heavy (non-hydrogen) atoms. The average molecular weight is 369 g/mol. The second-order valence-electron chi connectivity index (χ2n) is 5.47. The summed E-state index contributed by atoms with van der Waals surface area (Å²) in [5.41, 5.74) is 1.57. The summed E-state index contributed by atoms with van der Waals surface area (Å²) >= 11 is 0. The molecule has 0 atom stereocenters. The fourth-order valence-electron chi connectivity index (χ4n) is 2.57. The van der Waals surface area contributed by atoms with Crippen molar-refractivity contribution in [2.24, 2.45) is 0 Å². The standard InChI is InChI=1S/C20H19NO6/c1-23-16-10-9-15(17(24-2)18(16)25-3)20(22)27-12-14-11-26-19(21-14)13-7-5-4-6-8-13/h4-11H,12H2,1-3H3. The minimum atomic E-state index is -0.572. The summed E-state index contributed by atoms with van der Waals surface area (Å²) in [6, 6.07) is 12.6. The van der Waals surface area contributed by atoms with Crippen LogP contribution in [0.15, 0.2) is 53.1 Å². The molecule has 7 heteroatoms. The fraction of sp³-hybridized carbons (Fsp3) is 0.200. The van der Waals surface area contributed by atoms with Crippen LogP contribution in [-0.2, 0) is 11.3 Å². The van der Waals surface area contributed by atoms with Crippen LogP contribution in [0.3, 0.4) is 0 Å². The molecule has 1 heterocycles. The summed E-state index contributed by atoms with van der Waals surface area (Å²) in [4.78, 5) is 16.8. The number of carbonyl (C=O) groups excluding carboxylic acids is 1. The van der Waals surface area contributed by atoms with Crippen molar-refractivity contribution in [3.8, 4) is 28.7 Å². The van der Waals surface area contributed by atoms with Crippen LogP contribution in [0.25, 0.3) is 11.5 Å². The van der Waals surface area contributed by atoms with E-state index in [1.807, 2.05) is 30.3 Å². The molecule has 0 saturated carbocycles. The van der Waals surface area contributed by atoms with Crippen molar-refractivity contribution >= 4 is 5.97 Å². The lowest BCUT2D eigenvalue weighted by Gasteiger charge is -2.14. The van der Waals surface area contributed by atoms with Crippen molar-refractivity contribution in [3.05, 3.63) is 60.0 Å². The molecule has 0 amide bonds. The van der Waals surface area contributed by atoms with E-state index < -0.39 is 5.97 Å². The van der Waals surface area contributed by atoms with Gasteiger partial charge in [0.15, 0.2) is 11.5 Å². The highest BCUT2D eigenvalue weighted by Gasteiger charge is 2.22. The first-order chi connectivity index (χ1) is 13.2. The van der Waals surface area contributed by atoms with Gasteiger partial charge >= 0.3 is 5.97 Å². The zero-order chi connectivity index (χ0) is 19.2. The van der Waals surface area contributed by atoms with Crippen LogP contribution in [0.1, 0.15) is 16.1 Å². The van der Waals surface area contributed by atoms with Gasteiger partial charge in [-0.1, -0.05) is 18.2 Å². The van der Waals surface area contributed by atoms with Crippen LogP contribution in [0.2, 0.25) is 0 Å². The van der Waals surface area contributed by atoms with Crippen LogP contribution in [0.4, 0.5) is 0 Å². The maximum absolute atomic E-state index is 12.5. The first kappa shape index (κ1) is 18.3. The fourth-order valence-corrected chi connectivity index (χ4v) is 2.57. The third kappa shape index (κ3) is 3.87. The predicted molar refractivity (Wildman–Crippen MR) is 97.2 cm³/mol. The number of oxazole rings is 1. The van der Waals surface area contributed by atoms with E-state index in [9.17, 15) is 4.79 Å². The molecular formula is C20H19NO6. The Morgan fingerprint density at radius 2 is 1.70 bits per heavy atom. The van der Waals surface area contributed by atoms with Gasteiger partial charge in [0.25, 0.3) is 0 Å². The summed E-state index contributed by atoms with van der Waals surface area (Å²) in [5.74, 6) is 0.909. The predicted octanol–water partition coefficient (Wildman–Crippen LogP) is 3.72. The van der Waals surface area contributed by atoms with Crippen molar-refractivity contribution < 1.29 is 28.2 Å². The normalized spacial score (nSPS) is 10.3. The third-order valence-corrected chi connectivity index (χ3v) is 3.85. The van der Waals surface area contributed by atoms with E-state index in [-0.39, 0.29) is 17.9 Å². The Bertz CT molecular complexity index is 919. The molecule has 0 saturated heterocycles. The SMILES string of the molecule is COc1ccc(C(=O)OCc2coc(-c3ccccc3)n2)c(OC)c1OC. The largest absolute Gasteiger partial charge is 0.493 e. The van der Waals surface area contributed by atoms with E-state index in [0.717, 1.165) is 5.56 Å². The molecule has 0 aliphatic rings. The Balaban J connectivity index is 1.74. The van der Waals surface area contributed by atoms with Crippen molar-refractivity contribution in [1.29, 1.82) is 0 Å². The highest BCUT2D eigenvalue weighted by atomic mass is 16.5. The van der Waals surface area contributed by atoms with E-state index >= 15 is 0 Å². The summed E-state index contributed by atoms with van der Waals surface area (Å²) in [6.45, 7) is -0.0351. The first-order valence-electron chi connectivity index (χ1n) is 8.13. The van der Waals surface area contributed by atoms with Crippen molar-refractivity contribution in [1.82, 2.24) is 4.98 Å². The second kappa shape index (κ2) is 8.27. The van der Waals surface area contributed by atoms with Crippen LogP contribution >= 0.6 is 0 Å². The van der Waals surface area contributed by atoms with E-state index in [4.69, 9.17) is 23.4 Å². The quantitative estimate of drug-likeness (QED) is 0.587. The number of hydrogen-bond acceptors (Lipinski definition) is 7. The van der Waals surface area contributed by atoms with E-state index in [2.05, 4.69) is 4.98 Å². The third-order valence-electron chi connectivity index (χ3n) is 3.85. The molecule has 0 aliphatic carbocycles. The summed E-state index contributed by atoms with van der Waals surface area (Å²) in [7, 11) is 4.41. The maximum atomic E-state index is 12.5. The first-order valence-corrected chi connectivity index (χ1v) is 8.13. The summed E-state index contributed by atoms with van der Waals surface area (Å²) in [5, 5.41) is 0. The van der Waals surface area contributed by atoms with Crippen molar-refractivity contribution in [2.75, 3.05) is 21.3 Å². The lowest BCUT2D eigenvalue weighted by molar-refractivity contribution is 0.0463. The summed E-state index contributed by atoms with van der Waals surface area (Å²) in [6.07, 6.45) is 1.46. The monoisotopic (exact) mass is 369 g/mol. The van der Waals surface area contributed by atoms with Gasteiger partial charge in [-0.25, -0.2) is 9.78 Å². The smallest absolute Gasteiger partial charge is 0.342 e. The molecule has 0 fully saturated rings. The van der Waals surface area contributed by atoms with Crippen LogP contribution in [-0.4, -0.2) is 32.3 Å². The Labute approximate surface area is 156 Å². The number of benzene rings is 2. The van der Waals surface area contributed by atoms with Gasteiger partial charge in [-0.15, -0.1) is 0 Å². The Morgan fingerprint density at radius 3 is 2.37 bits per heavy atom. The van der Waals surface area contributed by atoms with Crippen molar-refractivity contribution in [3.63, 3.8) is 0 Å². The van der Waals surface area contributed by atoms with Gasteiger partial charge in [-0.05, 0) is 24.3 Å². The molecule has 0 bridgehead atoms. The zero-order valence-electron chi connectivity index (χ0n) is 15.2. The van der Waals surface area contributed by atoms with Crippen LogP contribution in [0, 0.1) is 0 Å². The molecule has 140 valence electrons. The van der Waals surface area contributed by atoms with Gasteiger partial charge < -0.3 is 23.4 Å². The molecule has 1 aromatic heterocycles. The molecule has 2 aromatic carbocycles. The highest BCUT2D eigenvalue weighted by Crippen LogP contribution is 2.40. The Kier molecular flexibility index (Phi) is 5.61. The molecule has 3 aromatic rings. The van der Waals surface area contributed by atoms with Gasteiger partial charge in [0.2, 0.25) is 11.6 Å². The average Bonchev–Trinajstić information content (AvgIpc) is 3.20. The topological polar surface area (TPSA) is 80.0 Å². The molecule has 0 unspecified atom stereocenters. The molecule has 0 N–H and O–H groups in total. The highest BCUT2D eigenvalue weighted by molar-refractivity contribution is 5.94. The van der Waals surface area contributed by atoms with Gasteiger partial charge in [0, 0.05) is 5.56 Å². The molecule has 7 nitrogen and oxygen atoms in total. The number of aromatic nitrogens is 1. The van der Waals surface area contributed by atoms with E-state index in [1.54, 1.807) is 12.1 Å². The van der Waals surface area contributed by atoms with Crippen molar-refractivity contribution in [2.45, 2.75) is 6.61 Å². The number of rotatable bonds is 7. The molecule has 0 aliphatic heterocycles. The minimum absolute atomic E-state index is 0.0351. The number of methoxy groups -OCH3 is 3. The second-order valence-corrected chi connectivity index (χ2v) is 5.47. The van der Waals surface area contributed by atoms with E-state index in [1.165, 1.54) is 27.6 Å². The number of esters is 1. The van der Waals surface area contributed by atoms with Gasteiger partial charge in [-0.3, -0.25) is 0 Å². The Morgan fingerprint density at radius 1 is 0.963 bits per heavy atom. The molecule has 0 radical (unpaired) electrons. The maximum Gasteiger partial charge on any atom is 0.342 e. The molecular weight excluding hydrogens is 350 g/mol. The lowest BCUT2D eigenvalue weighted by atomic mass is 10.1.